The molecular weight excluding hydrogens is 194 g/mol. The number of sulfonamides is 1. The second kappa shape index (κ2) is 3.35. The topological polar surface area (TPSA) is 73.2 Å². The summed E-state index contributed by atoms with van der Waals surface area (Å²) in [4.78, 5) is 0. The Morgan fingerprint density at radius 2 is 2.23 bits per heavy atom. The van der Waals surface area contributed by atoms with E-state index in [2.05, 4.69) is 9.82 Å². The lowest BCUT2D eigenvalue weighted by Gasteiger charge is -1.95. The highest BCUT2D eigenvalue weighted by Crippen LogP contribution is 2.14. The zero-order chi connectivity index (χ0) is 10.1. The number of nitrogens with zero attached hydrogens (tertiary/aromatic N) is 2. The van der Waals surface area contributed by atoms with Crippen LogP contribution in [0.4, 0.5) is 0 Å². The van der Waals surface area contributed by atoms with Gasteiger partial charge < -0.3 is 4.74 Å². The normalized spacial score (nSPS) is 11.6. The van der Waals surface area contributed by atoms with Crippen molar-refractivity contribution >= 4 is 10.0 Å². The van der Waals surface area contributed by atoms with Crippen LogP contribution in [-0.2, 0) is 17.1 Å². The molecule has 7 heteroatoms. The Kier molecular flexibility index (Phi) is 2.58. The van der Waals surface area contributed by atoms with Crippen molar-refractivity contribution in [3.8, 4) is 5.88 Å². The maximum Gasteiger partial charge on any atom is 0.259 e. The smallest absolute Gasteiger partial charge is 0.259 e. The number of hydrogen-bond donors (Lipinski definition) is 1. The van der Waals surface area contributed by atoms with Gasteiger partial charge >= 0.3 is 0 Å². The molecule has 0 aliphatic heterocycles. The fourth-order valence-electron chi connectivity index (χ4n) is 0.852. The maximum atomic E-state index is 11.2. The molecule has 6 nitrogen and oxygen atoms in total. The van der Waals surface area contributed by atoms with Crippen molar-refractivity contribution in [2.45, 2.75) is 5.03 Å². The predicted octanol–water partition coefficient (Wildman–Crippen LogP) is -0.663. The minimum absolute atomic E-state index is 0.0469. The van der Waals surface area contributed by atoms with Crippen LogP contribution >= 0.6 is 0 Å². The molecule has 13 heavy (non-hydrogen) atoms. The van der Waals surface area contributed by atoms with Crippen LogP contribution in [-0.4, -0.2) is 32.4 Å². The number of rotatable bonds is 3. The summed E-state index contributed by atoms with van der Waals surface area (Å²) in [5.41, 5.74) is 0. The van der Waals surface area contributed by atoms with Crippen LogP contribution in [0.5, 0.6) is 5.88 Å². The monoisotopic (exact) mass is 205 g/mol. The Balaban J connectivity index is 3.19. The Labute approximate surface area is 76.6 Å². The molecule has 1 N–H and O–H groups in total. The van der Waals surface area contributed by atoms with Gasteiger partial charge in [0.25, 0.3) is 10.0 Å². The van der Waals surface area contributed by atoms with Gasteiger partial charge in [-0.3, -0.25) is 0 Å². The van der Waals surface area contributed by atoms with Crippen molar-refractivity contribution in [1.29, 1.82) is 0 Å². The summed E-state index contributed by atoms with van der Waals surface area (Å²) in [6, 6.07) is 1.35. The Hall–Kier alpha value is -1.08. The fraction of sp³-hybridized carbons (Fsp3) is 0.500. The van der Waals surface area contributed by atoms with Crippen molar-refractivity contribution in [2.75, 3.05) is 14.2 Å². The minimum Gasteiger partial charge on any atom is -0.481 e. The van der Waals surface area contributed by atoms with Crippen LogP contribution in [0.1, 0.15) is 0 Å². The van der Waals surface area contributed by atoms with Crippen molar-refractivity contribution in [2.24, 2.45) is 7.05 Å². The van der Waals surface area contributed by atoms with E-state index in [1.54, 1.807) is 7.05 Å². The molecule has 1 aromatic heterocycles. The summed E-state index contributed by atoms with van der Waals surface area (Å²) in [6.07, 6.45) is 0. The van der Waals surface area contributed by atoms with E-state index >= 15 is 0 Å². The Morgan fingerprint density at radius 1 is 1.62 bits per heavy atom. The molecule has 0 aliphatic carbocycles. The molecule has 1 heterocycles. The van der Waals surface area contributed by atoms with E-state index in [4.69, 9.17) is 4.74 Å². The van der Waals surface area contributed by atoms with E-state index in [-0.39, 0.29) is 5.03 Å². The van der Waals surface area contributed by atoms with Crippen LogP contribution in [0.15, 0.2) is 11.1 Å². The molecule has 74 valence electrons. The highest BCUT2D eigenvalue weighted by Gasteiger charge is 2.17. The van der Waals surface area contributed by atoms with Gasteiger partial charge in [0.1, 0.15) is 0 Å². The largest absolute Gasteiger partial charge is 0.481 e. The van der Waals surface area contributed by atoms with Gasteiger partial charge in [0.05, 0.1) is 7.11 Å². The van der Waals surface area contributed by atoms with E-state index in [0.29, 0.717) is 5.88 Å². The quantitative estimate of drug-likeness (QED) is 0.710. The molecule has 0 fully saturated rings. The lowest BCUT2D eigenvalue weighted by molar-refractivity contribution is 0.373. The number of aryl methyl sites for hydroxylation is 1. The van der Waals surface area contributed by atoms with Gasteiger partial charge in [-0.15, -0.1) is 0 Å². The van der Waals surface area contributed by atoms with E-state index in [1.807, 2.05) is 0 Å². The average Bonchev–Trinajstić information content (AvgIpc) is 2.47. The number of methoxy groups -OCH3 is 1. The molecule has 0 saturated heterocycles. The SMILES string of the molecule is CNS(=O)(=O)c1cc(OC)n(C)n1. The molecule has 0 spiro atoms. The number of hydrogen-bond acceptors (Lipinski definition) is 4. The first-order chi connectivity index (χ1) is 6.01. The third kappa shape index (κ3) is 1.81. The van der Waals surface area contributed by atoms with Crippen molar-refractivity contribution in [1.82, 2.24) is 14.5 Å². The third-order valence-electron chi connectivity index (χ3n) is 1.57. The first kappa shape index (κ1) is 10.0. The predicted molar refractivity (Wildman–Crippen MR) is 46.0 cm³/mol. The average molecular weight is 205 g/mol. The number of aromatic nitrogens is 2. The summed E-state index contributed by atoms with van der Waals surface area (Å²) in [5, 5.41) is 3.72. The molecule has 1 aromatic rings. The Bertz CT molecular complexity index is 395. The van der Waals surface area contributed by atoms with Gasteiger partial charge in [-0.2, -0.15) is 5.10 Å². The highest BCUT2D eigenvalue weighted by atomic mass is 32.2. The molecule has 0 atom stereocenters. The van der Waals surface area contributed by atoms with Gasteiger partial charge in [0.2, 0.25) is 5.88 Å². The van der Waals surface area contributed by atoms with Crippen LogP contribution in [0.25, 0.3) is 0 Å². The van der Waals surface area contributed by atoms with E-state index in [0.717, 1.165) is 0 Å². The summed E-state index contributed by atoms with van der Waals surface area (Å²) in [5.74, 6) is 0.397. The van der Waals surface area contributed by atoms with Gasteiger partial charge in [0.15, 0.2) is 5.03 Å². The molecule has 0 unspecified atom stereocenters. The van der Waals surface area contributed by atoms with Crippen LogP contribution in [0.3, 0.4) is 0 Å². The zero-order valence-electron chi connectivity index (χ0n) is 7.60. The molecule has 0 saturated carbocycles. The van der Waals surface area contributed by atoms with E-state index in [9.17, 15) is 8.42 Å². The molecule has 0 aliphatic rings. The third-order valence-corrected chi connectivity index (χ3v) is 2.86. The molecule has 0 bridgehead atoms. The molecule has 0 radical (unpaired) electrons. The fourth-order valence-corrected chi connectivity index (χ4v) is 1.55. The second-order valence-corrected chi connectivity index (χ2v) is 4.19. The van der Waals surface area contributed by atoms with Crippen LogP contribution in [0.2, 0.25) is 0 Å². The lowest BCUT2D eigenvalue weighted by atomic mass is 10.7. The van der Waals surface area contributed by atoms with Gasteiger partial charge in [-0.05, 0) is 7.05 Å². The van der Waals surface area contributed by atoms with Gasteiger partial charge in [-0.1, -0.05) is 0 Å². The molecular formula is C6H11N3O3S. The van der Waals surface area contributed by atoms with Crippen molar-refractivity contribution in [3.63, 3.8) is 0 Å². The first-order valence-corrected chi connectivity index (χ1v) is 5.01. The summed E-state index contributed by atoms with van der Waals surface area (Å²) >= 11 is 0. The zero-order valence-corrected chi connectivity index (χ0v) is 8.42. The first-order valence-electron chi connectivity index (χ1n) is 3.53. The number of ether oxygens (including phenoxy) is 1. The maximum absolute atomic E-state index is 11.2. The van der Waals surface area contributed by atoms with Crippen molar-refractivity contribution < 1.29 is 13.2 Å². The molecule has 0 amide bonds. The second-order valence-electron chi connectivity index (χ2n) is 2.36. The molecule has 0 aromatic carbocycles. The summed E-state index contributed by atoms with van der Waals surface area (Å²) < 4.78 is 30.9. The van der Waals surface area contributed by atoms with Gasteiger partial charge in [-0.25, -0.2) is 17.8 Å². The van der Waals surface area contributed by atoms with E-state index in [1.165, 1.54) is 24.9 Å². The van der Waals surface area contributed by atoms with Crippen LogP contribution in [0, 0.1) is 0 Å². The highest BCUT2D eigenvalue weighted by molar-refractivity contribution is 7.89. The summed E-state index contributed by atoms with van der Waals surface area (Å²) in [6.45, 7) is 0. The molecule has 1 rings (SSSR count). The van der Waals surface area contributed by atoms with Crippen molar-refractivity contribution in [3.05, 3.63) is 6.07 Å². The van der Waals surface area contributed by atoms with Gasteiger partial charge in [0, 0.05) is 13.1 Å². The minimum atomic E-state index is -3.47. The standard InChI is InChI=1S/C6H11N3O3S/c1-7-13(10,11)5-4-6(12-3)9(2)8-5/h4,7H,1-3H3. The number of nitrogens with one attached hydrogen (secondary N) is 1. The summed E-state index contributed by atoms with van der Waals surface area (Å²) in [7, 11) is 0.914. The van der Waals surface area contributed by atoms with Crippen LogP contribution < -0.4 is 9.46 Å². The van der Waals surface area contributed by atoms with E-state index < -0.39 is 10.0 Å². The Morgan fingerprint density at radius 3 is 2.62 bits per heavy atom. The lowest BCUT2D eigenvalue weighted by Crippen LogP contribution is -2.19.